The molecule has 20 heavy (non-hydrogen) atoms. The van der Waals surface area contributed by atoms with Gasteiger partial charge in [-0.25, -0.2) is 13.1 Å². The molecule has 0 saturated heterocycles. The first-order valence-corrected chi connectivity index (χ1v) is 12.0. The van der Waals surface area contributed by atoms with Gasteiger partial charge in [-0.15, -0.1) is 0 Å². The van der Waals surface area contributed by atoms with E-state index in [2.05, 4.69) is 30.4 Å². The zero-order valence-corrected chi connectivity index (χ0v) is 15.5. The van der Waals surface area contributed by atoms with Crippen molar-refractivity contribution in [1.82, 2.24) is 4.72 Å². The third kappa shape index (κ3) is 4.43. The van der Waals surface area contributed by atoms with Crippen LogP contribution in [0, 0.1) is 0 Å². The molecule has 0 atom stereocenters. The van der Waals surface area contributed by atoms with Crippen LogP contribution in [0.25, 0.3) is 0 Å². The van der Waals surface area contributed by atoms with Crippen molar-refractivity contribution < 1.29 is 8.42 Å². The maximum Gasteiger partial charge on any atom is 0.241 e. The fourth-order valence-corrected chi connectivity index (χ4v) is 4.94. The van der Waals surface area contributed by atoms with E-state index < -0.39 is 23.6 Å². The van der Waals surface area contributed by atoms with Gasteiger partial charge in [-0.05, 0) is 38.8 Å². The standard InChI is InChI=1S/C15H27NO2SSi/c1-8-12-11-13(20(5,6)7)9-10-14(12)19(17,18)16-15(2,3)4/h9-11,16H,8H2,1-7H3. The molecule has 0 unspecified atom stereocenters. The van der Waals surface area contributed by atoms with Crippen LogP contribution in [0.2, 0.25) is 19.6 Å². The number of hydrogen-bond acceptors (Lipinski definition) is 2. The number of sulfonamides is 1. The second-order valence-corrected chi connectivity index (χ2v) is 14.0. The highest BCUT2D eigenvalue weighted by molar-refractivity contribution is 7.89. The molecule has 1 N–H and O–H groups in total. The molecule has 0 aliphatic rings. The summed E-state index contributed by atoms with van der Waals surface area (Å²) in [7, 11) is -4.88. The first kappa shape index (κ1) is 17.4. The Morgan fingerprint density at radius 2 is 1.70 bits per heavy atom. The molecule has 0 bridgehead atoms. The van der Waals surface area contributed by atoms with E-state index in [1.165, 1.54) is 5.19 Å². The SMILES string of the molecule is CCc1cc([Si](C)(C)C)ccc1S(=O)(=O)NC(C)(C)C. The predicted octanol–water partition coefficient (Wildman–Crippen LogP) is 2.87. The smallest absolute Gasteiger partial charge is 0.207 e. The summed E-state index contributed by atoms with van der Waals surface area (Å²) in [5, 5.41) is 1.30. The molecular formula is C15H27NO2SSi. The highest BCUT2D eigenvalue weighted by Crippen LogP contribution is 2.19. The Kier molecular flexibility index (Phi) is 4.89. The van der Waals surface area contributed by atoms with Crippen molar-refractivity contribution in [3.05, 3.63) is 23.8 Å². The third-order valence-electron chi connectivity index (χ3n) is 3.04. The maximum absolute atomic E-state index is 12.5. The molecule has 0 saturated carbocycles. The summed E-state index contributed by atoms with van der Waals surface area (Å²) in [4.78, 5) is 0.414. The summed E-state index contributed by atoms with van der Waals surface area (Å²) < 4.78 is 27.7. The highest BCUT2D eigenvalue weighted by atomic mass is 32.2. The fourth-order valence-electron chi connectivity index (χ4n) is 2.04. The van der Waals surface area contributed by atoms with Crippen LogP contribution in [0.3, 0.4) is 0 Å². The molecule has 1 aromatic rings. The maximum atomic E-state index is 12.5. The van der Waals surface area contributed by atoms with Crippen molar-refractivity contribution in [3.8, 4) is 0 Å². The lowest BCUT2D eigenvalue weighted by Crippen LogP contribution is -2.42. The average molecular weight is 314 g/mol. The normalized spacial score (nSPS) is 13.6. The second-order valence-electron chi connectivity index (χ2n) is 7.28. The summed E-state index contributed by atoms with van der Waals surface area (Å²) in [5.74, 6) is 0. The molecule has 0 heterocycles. The van der Waals surface area contributed by atoms with Gasteiger partial charge >= 0.3 is 0 Å². The molecule has 0 fully saturated rings. The van der Waals surface area contributed by atoms with Crippen LogP contribution in [-0.4, -0.2) is 22.0 Å². The van der Waals surface area contributed by atoms with E-state index in [9.17, 15) is 8.42 Å². The highest BCUT2D eigenvalue weighted by Gasteiger charge is 2.25. The van der Waals surface area contributed by atoms with Crippen molar-refractivity contribution in [2.24, 2.45) is 0 Å². The first-order valence-electron chi connectivity index (χ1n) is 7.04. The molecule has 0 spiro atoms. The monoisotopic (exact) mass is 313 g/mol. The van der Waals surface area contributed by atoms with Gasteiger partial charge in [-0.3, -0.25) is 0 Å². The van der Waals surface area contributed by atoms with E-state index in [-0.39, 0.29) is 0 Å². The predicted molar refractivity (Wildman–Crippen MR) is 88.9 cm³/mol. The zero-order valence-electron chi connectivity index (χ0n) is 13.7. The molecule has 1 rings (SSSR count). The van der Waals surface area contributed by atoms with Crippen molar-refractivity contribution in [2.75, 3.05) is 0 Å². The molecule has 3 nitrogen and oxygen atoms in total. The molecule has 114 valence electrons. The van der Waals surface area contributed by atoms with Crippen LogP contribution in [0.5, 0.6) is 0 Å². The molecular weight excluding hydrogens is 286 g/mol. The van der Waals surface area contributed by atoms with Crippen molar-refractivity contribution in [3.63, 3.8) is 0 Å². The molecule has 0 radical (unpaired) electrons. The summed E-state index contributed by atoms with van der Waals surface area (Å²) in [6.07, 6.45) is 0.721. The van der Waals surface area contributed by atoms with Gasteiger partial charge in [-0.1, -0.05) is 43.9 Å². The number of hydrogen-bond donors (Lipinski definition) is 1. The van der Waals surface area contributed by atoms with Crippen molar-refractivity contribution in [1.29, 1.82) is 0 Å². The average Bonchev–Trinajstić information content (AvgIpc) is 2.23. The van der Waals surface area contributed by atoms with E-state index >= 15 is 0 Å². The Morgan fingerprint density at radius 1 is 1.15 bits per heavy atom. The number of rotatable bonds is 4. The van der Waals surface area contributed by atoms with Crippen molar-refractivity contribution in [2.45, 2.75) is 64.2 Å². The lowest BCUT2D eigenvalue weighted by molar-refractivity contribution is 0.491. The summed E-state index contributed by atoms with van der Waals surface area (Å²) in [6, 6.07) is 5.81. The van der Waals surface area contributed by atoms with E-state index in [0.29, 0.717) is 4.90 Å². The number of aryl methyl sites for hydroxylation is 1. The van der Waals surface area contributed by atoms with Gasteiger partial charge in [0.2, 0.25) is 10.0 Å². The first-order chi connectivity index (χ1) is 8.87. The van der Waals surface area contributed by atoms with Crippen LogP contribution < -0.4 is 9.91 Å². The minimum absolute atomic E-state index is 0.414. The van der Waals surface area contributed by atoms with Gasteiger partial charge < -0.3 is 0 Å². The van der Waals surface area contributed by atoms with Gasteiger partial charge in [0.25, 0.3) is 0 Å². The van der Waals surface area contributed by atoms with Crippen molar-refractivity contribution >= 4 is 23.3 Å². The van der Waals surface area contributed by atoms with Crippen LogP contribution in [-0.2, 0) is 16.4 Å². The van der Waals surface area contributed by atoms with Gasteiger partial charge in [0.15, 0.2) is 0 Å². The van der Waals surface area contributed by atoms with Crippen LogP contribution in [0.15, 0.2) is 23.1 Å². The summed E-state index contributed by atoms with van der Waals surface area (Å²) in [6.45, 7) is 14.4. The summed E-state index contributed by atoms with van der Waals surface area (Å²) in [5.41, 5.74) is 0.433. The molecule has 1 aromatic carbocycles. The lowest BCUT2D eigenvalue weighted by Gasteiger charge is -2.23. The van der Waals surface area contributed by atoms with E-state index in [1.54, 1.807) is 6.07 Å². The Labute approximate surface area is 124 Å². The Hall–Kier alpha value is -0.653. The third-order valence-corrected chi connectivity index (χ3v) is 6.94. The molecule has 5 heteroatoms. The number of nitrogens with one attached hydrogen (secondary N) is 1. The van der Waals surface area contributed by atoms with E-state index in [4.69, 9.17) is 0 Å². The topological polar surface area (TPSA) is 46.2 Å². The van der Waals surface area contributed by atoms with Gasteiger partial charge in [0, 0.05) is 5.54 Å². The summed E-state index contributed by atoms with van der Waals surface area (Å²) >= 11 is 0. The fraction of sp³-hybridized carbons (Fsp3) is 0.600. The molecule has 0 aliphatic heterocycles. The van der Waals surface area contributed by atoms with Crippen LogP contribution in [0.4, 0.5) is 0 Å². The Balaban J connectivity index is 3.34. The van der Waals surface area contributed by atoms with E-state index in [1.807, 2.05) is 33.8 Å². The van der Waals surface area contributed by atoms with Gasteiger partial charge in [0.1, 0.15) is 0 Å². The van der Waals surface area contributed by atoms with Crippen LogP contribution in [0.1, 0.15) is 33.3 Å². The van der Waals surface area contributed by atoms with Crippen LogP contribution >= 0.6 is 0 Å². The molecule has 0 amide bonds. The lowest BCUT2D eigenvalue weighted by atomic mass is 10.1. The minimum Gasteiger partial charge on any atom is -0.207 e. The molecule has 0 aromatic heterocycles. The largest absolute Gasteiger partial charge is 0.241 e. The zero-order chi connectivity index (χ0) is 15.8. The van der Waals surface area contributed by atoms with E-state index in [0.717, 1.165) is 12.0 Å². The second kappa shape index (κ2) is 5.62. The minimum atomic E-state index is -3.46. The van der Waals surface area contributed by atoms with Gasteiger partial charge in [-0.2, -0.15) is 0 Å². The van der Waals surface area contributed by atoms with Gasteiger partial charge in [0.05, 0.1) is 13.0 Å². The molecule has 0 aliphatic carbocycles. The Morgan fingerprint density at radius 3 is 2.10 bits per heavy atom. The Bertz CT molecular complexity index is 581. The quantitative estimate of drug-likeness (QED) is 0.869. The number of benzene rings is 1.